The predicted octanol–water partition coefficient (Wildman–Crippen LogP) is 2.26. The number of nitrogens with two attached hydrogens (primary N) is 1. The van der Waals surface area contributed by atoms with Gasteiger partial charge < -0.3 is 15.5 Å². The van der Waals surface area contributed by atoms with Crippen LogP contribution in [0.25, 0.3) is 11.0 Å². The van der Waals surface area contributed by atoms with Gasteiger partial charge in [-0.2, -0.15) is 0 Å². The second-order valence-corrected chi connectivity index (χ2v) is 4.35. The van der Waals surface area contributed by atoms with Crippen LogP contribution in [0.5, 0.6) is 0 Å². The number of nitrogens with zero attached hydrogens (tertiary/aromatic N) is 3. The maximum atomic E-state index is 8.45. The molecule has 0 saturated heterocycles. The van der Waals surface area contributed by atoms with Crippen molar-refractivity contribution >= 4 is 16.9 Å². The van der Waals surface area contributed by atoms with Crippen LogP contribution in [0.1, 0.15) is 25.1 Å². The van der Waals surface area contributed by atoms with Crippen LogP contribution in [0.3, 0.4) is 0 Å². The summed E-state index contributed by atoms with van der Waals surface area (Å²) in [6.45, 7) is 2.93. The van der Waals surface area contributed by atoms with E-state index in [0.717, 1.165) is 30.7 Å². The number of amidine groups is 1. The largest absolute Gasteiger partial charge is 0.409 e. The highest BCUT2D eigenvalue weighted by Gasteiger charge is 2.05. The van der Waals surface area contributed by atoms with E-state index in [0.29, 0.717) is 12.3 Å². The third kappa shape index (κ3) is 2.61. The van der Waals surface area contributed by atoms with Crippen LogP contribution >= 0.6 is 0 Å². The number of hydrogen-bond acceptors (Lipinski definition) is 3. The third-order valence-electron chi connectivity index (χ3n) is 3.04. The number of fused-ring (bicyclic) bond motifs is 1. The van der Waals surface area contributed by atoms with Gasteiger partial charge in [-0.3, -0.25) is 0 Å². The molecule has 0 spiro atoms. The predicted molar refractivity (Wildman–Crippen MR) is 71.7 cm³/mol. The summed E-state index contributed by atoms with van der Waals surface area (Å²) >= 11 is 0. The molecule has 18 heavy (non-hydrogen) atoms. The quantitative estimate of drug-likeness (QED) is 0.279. The number of aryl methyl sites for hydroxylation is 2. The van der Waals surface area contributed by atoms with Crippen molar-refractivity contribution in [1.29, 1.82) is 0 Å². The van der Waals surface area contributed by atoms with E-state index in [4.69, 9.17) is 10.9 Å². The van der Waals surface area contributed by atoms with Gasteiger partial charge in [0.05, 0.1) is 11.0 Å². The molecule has 1 heterocycles. The van der Waals surface area contributed by atoms with Crippen molar-refractivity contribution in [2.75, 3.05) is 0 Å². The summed E-state index contributed by atoms with van der Waals surface area (Å²) in [5.41, 5.74) is 7.63. The van der Waals surface area contributed by atoms with E-state index in [1.165, 1.54) is 5.52 Å². The van der Waals surface area contributed by atoms with E-state index >= 15 is 0 Å². The molecular weight excluding hydrogens is 228 g/mol. The standard InChI is InChI=1S/C13H18N4O/c1-10-15-11-6-2-3-7-12(11)17(10)9-5-4-8-13(14)16-18/h2-3,6-7,18H,4-5,8-9H2,1H3,(H2,14,16). The number of para-hydroxylation sites is 2. The van der Waals surface area contributed by atoms with E-state index in [1.54, 1.807) is 0 Å². The summed E-state index contributed by atoms with van der Waals surface area (Å²) in [4.78, 5) is 4.52. The summed E-state index contributed by atoms with van der Waals surface area (Å²) in [5, 5.41) is 11.4. The maximum Gasteiger partial charge on any atom is 0.139 e. The van der Waals surface area contributed by atoms with Gasteiger partial charge in [-0.05, 0) is 31.9 Å². The lowest BCUT2D eigenvalue weighted by molar-refractivity contribution is 0.316. The summed E-state index contributed by atoms with van der Waals surface area (Å²) in [6, 6.07) is 8.13. The summed E-state index contributed by atoms with van der Waals surface area (Å²) < 4.78 is 2.21. The van der Waals surface area contributed by atoms with Crippen LogP contribution in [-0.4, -0.2) is 20.6 Å². The van der Waals surface area contributed by atoms with Gasteiger partial charge in [0.15, 0.2) is 0 Å². The first kappa shape index (κ1) is 12.4. The zero-order valence-corrected chi connectivity index (χ0v) is 10.5. The van der Waals surface area contributed by atoms with E-state index in [-0.39, 0.29) is 0 Å². The van der Waals surface area contributed by atoms with Gasteiger partial charge in [-0.1, -0.05) is 17.3 Å². The molecule has 96 valence electrons. The number of unbranched alkanes of at least 4 members (excludes halogenated alkanes) is 1. The van der Waals surface area contributed by atoms with Crippen LogP contribution < -0.4 is 5.73 Å². The van der Waals surface area contributed by atoms with Crippen LogP contribution in [0.4, 0.5) is 0 Å². The Morgan fingerprint density at radius 1 is 1.39 bits per heavy atom. The Kier molecular flexibility index (Phi) is 3.82. The topological polar surface area (TPSA) is 76.4 Å². The van der Waals surface area contributed by atoms with Crippen LogP contribution in [-0.2, 0) is 6.54 Å². The highest BCUT2D eigenvalue weighted by molar-refractivity contribution is 5.79. The molecule has 0 aliphatic carbocycles. The zero-order chi connectivity index (χ0) is 13.0. The molecule has 0 unspecified atom stereocenters. The fourth-order valence-electron chi connectivity index (χ4n) is 2.10. The first-order chi connectivity index (χ1) is 8.72. The van der Waals surface area contributed by atoms with Gasteiger partial charge in [0.1, 0.15) is 11.7 Å². The van der Waals surface area contributed by atoms with Crippen molar-refractivity contribution in [3.63, 3.8) is 0 Å². The Hall–Kier alpha value is -2.04. The number of aromatic nitrogens is 2. The molecule has 2 aromatic rings. The molecule has 0 bridgehead atoms. The summed E-state index contributed by atoms with van der Waals surface area (Å²) in [5.74, 6) is 1.32. The Balaban J connectivity index is 2.01. The van der Waals surface area contributed by atoms with Crippen LogP contribution in [0.2, 0.25) is 0 Å². The zero-order valence-electron chi connectivity index (χ0n) is 10.5. The molecule has 0 fully saturated rings. The lowest BCUT2D eigenvalue weighted by Crippen LogP contribution is -2.11. The molecule has 0 aliphatic rings. The van der Waals surface area contributed by atoms with E-state index in [9.17, 15) is 0 Å². The highest BCUT2D eigenvalue weighted by atomic mass is 16.4. The second-order valence-electron chi connectivity index (χ2n) is 4.35. The fourth-order valence-corrected chi connectivity index (χ4v) is 2.10. The SMILES string of the molecule is Cc1nc2ccccc2n1CCCC/C(N)=N/O. The van der Waals surface area contributed by atoms with E-state index in [1.807, 2.05) is 25.1 Å². The maximum absolute atomic E-state index is 8.45. The molecule has 0 amide bonds. The van der Waals surface area contributed by atoms with Crippen molar-refractivity contribution in [2.45, 2.75) is 32.7 Å². The van der Waals surface area contributed by atoms with Gasteiger partial charge in [-0.15, -0.1) is 0 Å². The van der Waals surface area contributed by atoms with Crippen LogP contribution in [0.15, 0.2) is 29.4 Å². The molecule has 2 rings (SSSR count). The Bertz CT molecular complexity index is 559. The van der Waals surface area contributed by atoms with E-state index < -0.39 is 0 Å². The molecule has 0 radical (unpaired) electrons. The molecule has 1 aromatic carbocycles. The number of rotatable bonds is 5. The summed E-state index contributed by atoms with van der Waals surface area (Å²) in [6.07, 6.45) is 2.52. The lowest BCUT2D eigenvalue weighted by atomic mass is 10.2. The minimum atomic E-state index is 0.294. The monoisotopic (exact) mass is 246 g/mol. The van der Waals surface area contributed by atoms with Crippen molar-refractivity contribution in [3.05, 3.63) is 30.1 Å². The van der Waals surface area contributed by atoms with Crippen molar-refractivity contribution in [1.82, 2.24) is 9.55 Å². The molecule has 5 nitrogen and oxygen atoms in total. The molecule has 0 saturated carbocycles. The molecule has 1 aromatic heterocycles. The Morgan fingerprint density at radius 3 is 2.94 bits per heavy atom. The number of imidazole rings is 1. The lowest BCUT2D eigenvalue weighted by Gasteiger charge is -2.06. The third-order valence-corrected chi connectivity index (χ3v) is 3.04. The molecule has 0 atom stereocenters. The Morgan fingerprint density at radius 2 is 2.17 bits per heavy atom. The van der Waals surface area contributed by atoms with Crippen molar-refractivity contribution in [3.8, 4) is 0 Å². The minimum Gasteiger partial charge on any atom is -0.409 e. The summed E-state index contributed by atoms with van der Waals surface area (Å²) in [7, 11) is 0. The van der Waals surface area contributed by atoms with Gasteiger partial charge >= 0.3 is 0 Å². The average molecular weight is 246 g/mol. The number of oxime groups is 1. The first-order valence-electron chi connectivity index (χ1n) is 6.10. The normalized spacial score (nSPS) is 12.2. The highest BCUT2D eigenvalue weighted by Crippen LogP contribution is 2.16. The number of benzene rings is 1. The molecular formula is C13H18N4O. The van der Waals surface area contributed by atoms with Gasteiger partial charge in [0.25, 0.3) is 0 Å². The van der Waals surface area contributed by atoms with Crippen LogP contribution in [0, 0.1) is 6.92 Å². The fraction of sp³-hybridized carbons (Fsp3) is 0.385. The van der Waals surface area contributed by atoms with Crippen molar-refractivity contribution in [2.24, 2.45) is 10.9 Å². The Labute approximate surface area is 106 Å². The van der Waals surface area contributed by atoms with Gasteiger partial charge in [0.2, 0.25) is 0 Å². The molecule has 5 heteroatoms. The smallest absolute Gasteiger partial charge is 0.139 e. The molecule has 0 aliphatic heterocycles. The second kappa shape index (κ2) is 5.53. The van der Waals surface area contributed by atoms with Gasteiger partial charge in [-0.25, -0.2) is 4.98 Å². The van der Waals surface area contributed by atoms with Gasteiger partial charge in [0, 0.05) is 13.0 Å². The average Bonchev–Trinajstić information content (AvgIpc) is 2.70. The first-order valence-corrected chi connectivity index (χ1v) is 6.10. The van der Waals surface area contributed by atoms with Crippen molar-refractivity contribution < 1.29 is 5.21 Å². The molecule has 3 N–H and O–H groups in total. The van der Waals surface area contributed by atoms with E-state index in [2.05, 4.69) is 20.8 Å². The number of hydrogen-bond donors (Lipinski definition) is 2. The minimum absolute atomic E-state index is 0.294.